The molecule has 0 bridgehead atoms. The number of hydrogen-bond donors (Lipinski definition) is 1. The van der Waals surface area contributed by atoms with Crippen molar-refractivity contribution in [2.45, 2.75) is 0 Å². The summed E-state index contributed by atoms with van der Waals surface area (Å²) in [4.78, 5) is 16.4. The summed E-state index contributed by atoms with van der Waals surface area (Å²) < 4.78 is 5.27. The molecule has 2 heterocycles. The molecule has 2 aromatic rings. The number of nitrogens with one attached hydrogen (secondary N) is 1. The Morgan fingerprint density at radius 3 is 2.87 bits per heavy atom. The number of anilines is 2. The maximum Gasteiger partial charge on any atom is 0.240 e. The average Bonchev–Trinajstić information content (AvgIpc) is 3.08. The number of ether oxygens (including phenoxy) is 1. The zero-order chi connectivity index (χ0) is 16.1. The van der Waals surface area contributed by atoms with Gasteiger partial charge in [0.2, 0.25) is 11.0 Å². The van der Waals surface area contributed by atoms with E-state index in [4.69, 9.17) is 4.74 Å². The van der Waals surface area contributed by atoms with Gasteiger partial charge in [0, 0.05) is 37.9 Å². The van der Waals surface area contributed by atoms with Gasteiger partial charge in [-0.15, -0.1) is 10.2 Å². The van der Waals surface area contributed by atoms with Crippen LogP contribution in [-0.2, 0) is 4.79 Å². The lowest BCUT2D eigenvalue weighted by Gasteiger charge is -2.35. The van der Waals surface area contributed by atoms with Crippen LogP contribution in [0, 0.1) is 0 Å². The average molecular weight is 333 g/mol. The van der Waals surface area contributed by atoms with Crippen LogP contribution in [0.1, 0.15) is 0 Å². The summed E-state index contributed by atoms with van der Waals surface area (Å²) in [6.07, 6.45) is 0. The lowest BCUT2D eigenvalue weighted by atomic mass is 10.2. The number of carbonyl (C=O) groups is 1. The molecule has 7 nitrogen and oxygen atoms in total. The van der Waals surface area contributed by atoms with Gasteiger partial charge in [-0.3, -0.25) is 15.0 Å². The van der Waals surface area contributed by atoms with Gasteiger partial charge in [0.25, 0.3) is 0 Å². The predicted octanol–water partition coefficient (Wildman–Crippen LogP) is 1.31. The van der Waals surface area contributed by atoms with Gasteiger partial charge in [0.1, 0.15) is 11.3 Å². The molecule has 8 heteroatoms. The molecule has 0 saturated carbocycles. The summed E-state index contributed by atoms with van der Waals surface area (Å²) in [7, 11) is 1.67. The van der Waals surface area contributed by atoms with Crippen LogP contribution in [0.15, 0.2) is 29.8 Å². The second-order valence-electron chi connectivity index (χ2n) is 5.26. The Hall–Kier alpha value is -2.19. The molecule has 1 aliphatic rings. The van der Waals surface area contributed by atoms with Gasteiger partial charge < -0.3 is 9.64 Å². The van der Waals surface area contributed by atoms with Crippen LogP contribution in [0.3, 0.4) is 0 Å². The quantitative estimate of drug-likeness (QED) is 0.889. The second kappa shape index (κ2) is 7.38. The molecule has 0 radical (unpaired) electrons. The van der Waals surface area contributed by atoms with Crippen molar-refractivity contribution in [1.29, 1.82) is 0 Å². The normalized spacial score (nSPS) is 15.4. The molecular weight excluding hydrogens is 314 g/mol. The topological polar surface area (TPSA) is 70.6 Å². The summed E-state index contributed by atoms with van der Waals surface area (Å²) in [5, 5.41) is 10.8. The molecule has 0 atom stereocenters. The summed E-state index contributed by atoms with van der Waals surface area (Å²) in [6, 6.07) is 8.06. The third-order valence-electron chi connectivity index (χ3n) is 3.76. The van der Waals surface area contributed by atoms with Gasteiger partial charge in [-0.25, -0.2) is 0 Å². The Kier molecular flexibility index (Phi) is 5.04. The molecule has 1 amide bonds. The fourth-order valence-electron chi connectivity index (χ4n) is 2.56. The van der Waals surface area contributed by atoms with E-state index in [0.29, 0.717) is 11.7 Å². The largest absolute Gasteiger partial charge is 0.497 e. The summed E-state index contributed by atoms with van der Waals surface area (Å²) in [5.41, 5.74) is 2.75. The highest BCUT2D eigenvalue weighted by molar-refractivity contribution is 7.13. The Balaban J connectivity index is 1.49. The van der Waals surface area contributed by atoms with Crippen molar-refractivity contribution in [1.82, 2.24) is 15.1 Å². The van der Waals surface area contributed by atoms with Crippen molar-refractivity contribution in [2.24, 2.45) is 0 Å². The molecule has 1 aromatic carbocycles. The smallest absolute Gasteiger partial charge is 0.240 e. The van der Waals surface area contributed by atoms with Gasteiger partial charge in [0.15, 0.2) is 0 Å². The first-order chi connectivity index (χ1) is 11.2. The van der Waals surface area contributed by atoms with Gasteiger partial charge in [-0.2, -0.15) is 0 Å². The molecule has 1 aliphatic heterocycles. The second-order valence-corrected chi connectivity index (χ2v) is 6.09. The highest BCUT2D eigenvalue weighted by Crippen LogP contribution is 2.22. The standard InChI is InChI=1S/C15H19N5O2S/c1-22-13-4-2-3-12(9-13)20-7-5-19(6-8-20)10-14(21)17-15-18-16-11-23-15/h2-4,9,11H,5-8,10H2,1H3,(H,17,18,21). The predicted molar refractivity (Wildman–Crippen MR) is 90.2 cm³/mol. The summed E-state index contributed by atoms with van der Waals surface area (Å²) in [6.45, 7) is 3.85. The number of hydrogen-bond acceptors (Lipinski definition) is 7. The summed E-state index contributed by atoms with van der Waals surface area (Å²) in [5.74, 6) is 0.818. The van der Waals surface area contributed by atoms with E-state index in [-0.39, 0.29) is 5.91 Å². The Bertz CT molecular complexity index is 641. The Labute approximate surface area is 138 Å². The molecule has 1 N–H and O–H groups in total. The maximum atomic E-state index is 12.0. The van der Waals surface area contributed by atoms with Gasteiger partial charge >= 0.3 is 0 Å². The van der Waals surface area contributed by atoms with Crippen LogP contribution in [-0.4, -0.2) is 60.8 Å². The van der Waals surface area contributed by atoms with E-state index in [1.54, 1.807) is 12.6 Å². The van der Waals surface area contributed by atoms with E-state index in [1.807, 2.05) is 18.2 Å². The summed E-state index contributed by atoms with van der Waals surface area (Å²) >= 11 is 1.32. The van der Waals surface area contributed by atoms with E-state index in [0.717, 1.165) is 37.6 Å². The first-order valence-corrected chi connectivity index (χ1v) is 8.30. The van der Waals surface area contributed by atoms with Crippen molar-refractivity contribution >= 4 is 28.1 Å². The number of rotatable bonds is 5. The molecule has 1 fully saturated rings. The molecule has 1 aromatic heterocycles. The molecule has 0 aliphatic carbocycles. The van der Waals surface area contributed by atoms with Crippen molar-refractivity contribution in [3.63, 3.8) is 0 Å². The Morgan fingerprint density at radius 1 is 1.35 bits per heavy atom. The lowest BCUT2D eigenvalue weighted by molar-refractivity contribution is -0.117. The molecule has 23 heavy (non-hydrogen) atoms. The number of amides is 1. The third-order valence-corrected chi connectivity index (χ3v) is 4.37. The first-order valence-electron chi connectivity index (χ1n) is 7.42. The van der Waals surface area contributed by atoms with Gasteiger partial charge in [-0.1, -0.05) is 17.4 Å². The minimum absolute atomic E-state index is 0.0448. The molecule has 1 saturated heterocycles. The first kappa shape index (κ1) is 15.7. The number of piperazine rings is 1. The number of aromatic nitrogens is 2. The number of nitrogens with zero attached hydrogens (tertiary/aromatic N) is 4. The van der Waals surface area contributed by atoms with Crippen LogP contribution < -0.4 is 15.0 Å². The SMILES string of the molecule is COc1cccc(N2CCN(CC(=O)Nc3nncs3)CC2)c1. The van der Waals surface area contributed by atoms with Crippen molar-refractivity contribution in [3.05, 3.63) is 29.8 Å². The van der Waals surface area contributed by atoms with E-state index < -0.39 is 0 Å². The van der Waals surface area contributed by atoms with E-state index in [2.05, 4.69) is 31.4 Å². The van der Waals surface area contributed by atoms with Crippen molar-refractivity contribution in [3.8, 4) is 5.75 Å². The van der Waals surface area contributed by atoms with Crippen LogP contribution in [0.5, 0.6) is 5.75 Å². The maximum absolute atomic E-state index is 12.0. The van der Waals surface area contributed by atoms with Crippen LogP contribution in [0.2, 0.25) is 0 Å². The fourth-order valence-corrected chi connectivity index (χ4v) is 3.02. The molecule has 0 spiro atoms. The fraction of sp³-hybridized carbons (Fsp3) is 0.400. The van der Waals surface area contributed by atoms with Gasteiger partial charge in [0.05, 0.1) is 13.7 Å². The van der Waals surface area contributed by atoms with Crippen LogP contribution in [0.25, 0.3) is 0 Å². The lowest BCUT2D eigenvalue weighted by Crippen LogP contribution is -2.48. The number of benzene rings is 1. The third kappa shape index (κ3) is 4.17. The minimum atomic E-state index is -0.0448. The van der Waals surface area contributed by atoms with Crippen molar-refractivity contribution in [2.75, 3.05) is 50.1 Å². The van der Waals surface area contributed by atoms with Crippen LogP contribution in [0.4, 0.5) is 10.8 Å². The zero-order valence-electron chi connectivity index (χ0n) is 12.9. The Morgan fingerprint density at radius 2 is 2.17 bits per heavy atom. The van der Waals surface area contributed by atoms with Crippen molar-refractivity contribution < 1.29 is 9.53 Å². The highest BCUT2D eigenvalue weighted by atomic mass is 32.1. The molecule has 122 valence electrons. The molecular formula is C15H19N5O2S. The monoisotopic (exact) mass is 333 g/mol. The van der Waals surface area contributed by atoms with E-state index in [9.17, 15) is 4.79 Å². The number of carbonyl (C=O) groups excluding carboxylic acids is 1. The molecule has 0 unspecified atom stereocenters. The van der Waals surface area contributed by atoms with Crippen LogP contribution >= 0.6 is 11.3 Å². The van der Waals surface area contributed by atoms with E-state index in [1.165, 1.54) is 11.3 Å². The highest BCUT2D eigenvalue weighted by Gasteiger charge is 2.19. The number of methoxy groups -OCH3 is 1. The van der Waals surface area contributed by atoms with E-state index >= 15 is 0 Å². The van der Waals surface area contributed by atoms with Gasteiger partial charge in [-0.05, 0) is 12.1 Å². The molecule has 3 rings (SSSR count). The minimum Gasteiger partial charge on any atom is -0.497 e. The zero-order valence-corrected chi connectivity index (χ0v) is 13.8.